The highest BCUT2D eigenvalue weighted by Gasteiger charge is 2.16. The van der Waals surface area contributed by atoms with Gasteiger partial charge < -0.3 is 15.4 Å². The molecule has 2 rings (SSSR count). The van der Waals surface area contributed by atoms with Crippen molar-refractivity contribution in [3.63, 3.8) is 0 Å². The summed E-state index contributed by atoms with van der Waals surface area (Å²) >= 11 is 0. The van der Waals surface area contributed by atoms with Crippen molar-refractivity contribution in [3.8, 4) is 5.75 Å². The lowest BCUT2D eigenvalue weighted by Crippen LogP contribution is -2.28. The molecule has 0 fully saturated rings. The molecular weight excluding hydrogens is 343 g/mol. The van der Waals surface area contributed by atoms with Gasteiger partial charge in [-0.2, -0.15) is 8.78 Å². The zero-order chi connectivity index (χ0) is 18.4. The molecule has 2 amide bonds. The van der Waals surface area contributed by atoms with Gasteiger partial charge in [-0.1, -0.05) is 12.1 Å². The molecule has 132 valence electrons. The van der Waals surface area contributed by atoms with Gasteiger partial charge in [-0.05, 0) is 23.8 Å². The van der Waals surface area contributed by atoms with Crippen LogP contribution in [-0.2, 0) is 6.54 Å². The van der Waals surface area contributed by atoms with Gasteiger partial charge in [0, 0.05) is 18.7 Å². The molecule has 0 spiro atoms. The van der Waals surface area contributed by atoms with Crippen LogP contribution in [0.1, 0.15) is 5.56 Å². The zero-order valence-corrected chi connectivity index (χ0v) is 12.5. The number of urea groups is 1. The van der Waals surface area contributed by atoms with E-state index in [0.717, 1.165) is 18.2 Å². The minimum atomic E-state index is -3.17. The number of rotatable bonds is 6. The summed E-state index contributed by atoms with van der Waals surface area (Å²) in [6.07, 6.45) is 0. The molecule has 0 aliphatic rings. The van der Waals surface area contributed by atoms with E-state index in [4.69, 9.17) is 0 Å². The maximum Gasteiger partial charge on any atom is 0.387 e. The molecule has 0 bridgehead atoms. The van der Waals surface area contributed by atoms with E-state index in [2.05, 4.69) is 15.4 Å². The van der Waals surface area contributed by atoms with Crippen molar-refractivity contribution >= 4 is 17.4 Å². The fourth-order valence-electron chi connectivity index (χ4n) is 1.92. The Hall–Kier alpha value is -3.30. The van der Waals surface area contributed by atoms with Crippen LogP contribution in [0.3, 0.4) is 0 Å². The predicted molar refractivity (Wildman–Crippen MR) is 82.0 cm³/mol. The van der Waals surface area contributed by atoms with Crippen molar-refractivity contribution in [2.24, 2.45) is 0 Å². The second-order valence-corrected chi connectivity index (χ2v) is 4.75. The maximum absolute atomic E-state index is 13.1. The Morgan fingerprint density at radius 3 is 2.64 bits per heavy atom. The SMILES string of the molecule is O=C(NCc1cccc(F)c1)Nc1cc([N+](=O)[O-])ccc1OC(F)F. The van der Waals surface area contributed by atoms with Gasteiger partial charge in [-0.15, -0.1) is 0 Å². The summed E-state index contributed by atoms with van der Waals surface area (Å²) in [5.74, 6) is -0.910. The third-order valence-corrected chi connectivity index (χ3v) is 2.98. The van der Waals surface area contributed by atoms with E-state index < -0.39 is 34.8 Å². The number of nitro groups is 1. The first-order valence-corrected chi connectivity index (χ1v) is 6.87. The summed E-state index contributed by atoms with van der Waals surface area (Å²) in [5.41, 5.74) is -0.244. The largest absolute Gasteiger partial charge is 0.433 e. The van der Waals surface area contributed by atoms with Crippen LogP contribution in [0.15, 0.2) is 42.5 Å². The number of nitrogens with one attached hydrogen (secondary N) is 2. The summed E-state index contributed by atoms with van der Waals surface area (Å²) < 4.78 is 42.0. The van der Waals surface area contributed by atoms with Gasteiger partial charge in [0.2, 0.25) is 0 Å². The number of halogens is 3. The standard InChI is InChI=1S/C15H12F3N3O4/c16-10-3-1-2-9(6-10)8-19-15(22)20-12-7-11(21(23)24)4-5-13(12)25-14(17)18/h1-7,14H,8H2,(H2,19,20,22). The fraction of sp³-hybridized carbons (Fsp3) is 0.133. The first-order valence-electron chi connectivity index (χ1n) is 6.87. The molecule has 0 radical (unpaired) electrons. The van der Waals surface area contributed by atoms with Crippen LogP contribution in [-0.4, -0.2) is 17.6 Å². The minimum Gasteiger partial charge on any atom is -0.433 e. The van der Waals surface area contributed by atoms with Gasteiger partial charge in [0.25, 0.3) is 5.69 Å². The molecule has 2 aromatic carbocycles. The Balaban J connectivity index is 2.09. The molecule has 0 unspecified atom stereocenters. The first-order chi connectivity index (χ1) is 11.8. The van der Waals surface area contributed by atoms with Crippen LogP contribution in [0.25, 0.3) is 0 Å². The topological polar surface area (TPSA) is 93.5 Å². The van der Waals surface area contributed by atoms with Gasteiger partial charge >= 0.3 is 12.6 Å². The molecule has 2 aromatic rings. The van der Waals surface area contributed by atoms with Gasteiger partial charge in [-0.25, -0.2) is 9.18 Å². The average Bonchev–Trinajstić information content (AvgIpc) is 2.54. The van der Waals surface area contributed by atoms with Crippen molar-refractivity contribution in [3.05, 3.63) is 64.0 Å². The molecule has 0 aliphatic heterocycles. The molecule has 2 N–H and O–H groups in total. The average molecular weight is 355 g/mol. The predicted octanol–water partition coefficient (Wildman–Crippen LogP) is 3.66. The minimum absolute atomic E-state index is 0.0381. The number of anilines is 1. The molecule has 0 aromatic heterocycles. The van der Waals surface area contributed by atoms with Crippen LogP contribution in [0.4, 0.5) is 29.3 Å². The number of benzene rings is 2. The molecular formula is C15H12F3N3O4. The number of nitro benzene ring substituents is 1. The van der Waals surface area contributed by atoms with Crippen LogP contribution >= 0.6 is 0 Å². The molecule has 25 heavy (non-hydrogen) atoms. The zero-order valence-electron chi connectivity index (χ0n) is 12.5. The molecule has 0 saturated heterocycles. The number of hydrogen-bond donors (Lipinski definition) is 2. The number of carbonyl (C=O) groups is 1. The fourth-order valence-corrected chi connectivity index (χ4v) is 1.92. The van der Waals surface area contributed by atoms with E-state index in [1.54, 1.807) is 6.07 Å². The van der Waals surface area contributed by atoms with E-state index >= 15 is 0 Å². The quantitative estimate of drug-likeness (QED) is 0.611. The summed E-state index contributed by atoms with van der Waals surface area (Å²) in [4.78, 5) is 21.9. The lowest BCUT2D eigenvalue weighted by atomic mass is 10.2. The van der Waals surface area contributed by atoms with Gasteiger partial charge in [-0.3, -0.25) is 10.1 Å². The van der Waals surface area contributed by atoms with E-state index in [-0.39, 0.29) is 12.2 Å². The lowest BCUT2D eigenvalue weighted by Gasteiger charge is -2.12. The molecule has 7 nitrogen and oxygen atoms in total. The Kier molecular flexibility index (Phi) is 5.77. The van der Waals surface area contributed by atoms with Crippen LogP contribution in [0, 0.1) is 15.9 Å². The summed E-state index contributed by atoms with van der Waals surface area (Å²) in [6.45, 7) is -3.21. The number of nitrogens with zero attached hydrogens (tertiary/aromatic N) is 1. The summed E-state index contributed by atoms with van der Waals surface area (Å²) in [5, 5.41) is 15.3. The Morgan fingerprint density at radius 2 is 2.00 bits per heavy atom. The number of non-ortho nitro benzene ring substituents is 1. The number of amides is 2. The molecule has 0 heterocycles. The maximum atomic E-state index is 13.1. The number of hydrogen-bond acceptors (Lipinski definition) is 4. The Morgan fingerprint density at radius 1 is 1.24 bits per heavy atom. The van der Waals surface area contributed by atoms with E-state index in [1.807, 2.05) is 0 Å². The van der Waals surface area contributed by atoms with Gasteiger partial charge in [0.1, 0.15) is 11.6 Å². The monoisotopic (exact) mass is 355 g/mol. The molecule has 10 heteroatoms. The van der Waals surface area contributed by atoms with Crippen molar-refractivity contribution in [1.29, 1.82) is 0 Å². The third-order valence-electron chi connectivity index (χ3n) is 2.98. The highest BCUT2D eigenvalue weighted by molar-refractivity contribution is 5.91. The van der Waals surface area contributed by atoms with Crippen LogP contribution < -0.4 is 15.4 Å². The normalized spacial score (nSPS) is 10.4. The second-order valence-electron chi connectivity index (χ2n) is 4.75. The summed E-state index contributed by atoms with van der Waals surface area (Å²) in [7, 11) is 0. The van der Waals surface area contributed by atoms with Crippen molar-refractivity contribution in [2.75, 3.05) is 5.32 Å². The molecule has 0 atom stereocenters. The highest BCUT2D eigenvalue weighted by Crippen LogP contribution is 2.30. The number of ether oxygens (including phenoxy) is 1. The first kappa shape index (κ1) is 18.0. The van der Waals surface area contributed by atoms with E-state index in [1.165, 1.54) is 18.2 Å². The lowest BCUT2D eigenvalue weighted by molar-refractivity contribution is -0.384. The van der Waals surface area contributed by atoms with Crippen LogP contribution in [0.5, 0.6) is 5.75 Å². The Bertz CT molecular complexity index is 786. The van der Waals surface area contributed by atoms with E-state index in [9.17, 15) is 28.1 Å². The van der Waals surface area contributed by atoms with Crippen molar-refractivity contribution in [1.82, 2.24) is 5.32 Å². The number of carbonyl (C=O) groups excluding carboxylic acids is 1. The number of alkyl halides is 2. The molecule has 0 saturated carbocycles. The van der Waals surface area contributed by atoms with Gasteiger partial charge in [0.15, 0.2) is 0 Å². The Labute approximate surface area is 139 Å². The second kappa shape index (κ2) is 7.99. The van der Waals surface area contributed by atoms with Gasteiger partial charge in [0.05, 0.1) is 10.6 Å². The third kappa shape index (κ3) is 5.37. The van der Waals surface area contributed by atoms with Crippen LogP contribution in [0.2, 0.25) is 0 Å². The van der Waals surface area contributed by atoms with Crippen molar-refractivity contribution < 1.29 is 27.6 Å². The van der Waals surface area contributed by atoms with Crippen molar-refractivity contribution in [2.45, 2.75) is 13.2 Å². The molecule has 0 aliphatic carbocycles. The highest BCUT2D eigenvalue weighted by atomic mass is 19.3. The van der Waals surface area contributed by atoms with E-state index in [0.29, 0.717) is 5.56 Å². The summed E-state index contributed by atoms with van der Waals surface area (Å²) in [6, 6.07) is 7.45. The smallest absolute Gasteiger partial charge is 0.387 e.